The maximum atomic E-state index is 11.9. The van der Waals surface area contributed by atoms with Gasteiger partial charge in [-0.3, -0.25) is 4.90 Å². The number of urea groups is 1. The van der Waals surface area contributed by atoms with E-state index >= 15 is 0 Å². The second-order valence-electron chi connectivity index (χ2n) is 6.80. The van der Waals surface area contributed by atoms with Gasteiger partial charge in [0.25, 0.3) is 0 Å². The van der Waals surface area contributed by atoms with Gasteiger partial charge in [0.1, 0.15) is 0 Å². The summed E-state index contributed by atoms with van der Waals surface area (Å²) in [6.45, 7) is 11.7. The largest absolute Gasteiger partial charge is 0.396 e. The molecule has 124 valence electrons. The first-order valence-corrected chi connectivity index (χ1v) is 8.33. The SMILES string of the molecule is CC1CCN(C(CNC(=O)N[C@H](C)CCO)C(C)C)CC1. The summed E-state index contributed by atoms with van der Waals surface area (Å²) in [5.41, 5.74) is 0. The van der Waals surface area contributed by atoms with E-state index in [2.05, 4.69) is 36.3 Å². The van der Waals surface area contributed by atoms with Crippen LogP contribution in [0.15, 0.2) is 0 Å². The zero-order valence-corrected chi connectivity index (χ0v) is 14.1. The number of hydrogen-bond donors (Lipinski definition) is 3. The van der Waals surface area contributed by atoms with Crippen molar-refractivity contribution in [3.05, 3.63) is 0 Å². The topological polar surface area (TPSA) is 64.6 Å². The zero-order valence-electron chi connectivity index (χ0n) is 14.1. The Hall–Kier alpha value is -0.810. The molecule has 0 saturated carbocycles. The number of aliphatic hydroxyl groups is 1. The highest BCUT2D eigenvalue weighted by atomic mass is 16.3. The molecule has 0 bridgehead atoms. The smallest absolute Gasteiger partial charge is 0.315 e. The van der Waals surface area contributed by atoms with Crippen molar-refractivity contribution in [3.8, 4) is 0 Å². The highest BCUT2D eigenvalue weighted by molar-refractivity contribution is 5.74. The molecule has 0 spiro atoms. The Labute approximate surface area is 129 Å². The van der Waals surface area contributed by atoms with Crippen molar-refractivity contribution in [1.29, 1.82) is 0 Å². The number of rotatable bonds is 7. The quantitative estimate of drug-likeness (QED) is 0.672. The molecule has 1 aliphatic heterocycles. The Morgan fingerprint density at radius 2 is 1.90 bits per heavy atom. The van der Waals surface area contributed by atoms with Crippen LogP contribution in [0, 0.1) is 11.8 Å². The molecule has 1 aliphatic rings. The van der Waals surface area contributed by atoms with E-state index in [9.17, 15) is 4.79 Å². The summed E-state index contributed by atoms with van der Waals surface area (Å²) in [6.07, 6.45) is 3.09. The Morgan fingerprint density at radius 1 is 1.29 bits per heavy atom. The lowest BCUT2D eigenvalue weighted by Gasteiger charge is -2.39. The summed E-state index contributed by atoms with van der Waals surface area (Å²) in [7, 11) is 0. The fourth-order valence-electron chi connectivity index (χ4n) is 2.88. The monoisotopic (exact) mass is 299 g/mol. The van der Waals surface area contributed by atoms with Crippen molar-refractivity contribution >= 4 is 6.03 Å². The van der Waals surface area contributed by atoms with Crippen LogP contribution in [0.5, 0.6) is 0 Å². The predicted octanol–water partition coefficient (Wildman–Crippen LogP) is 1.81. The second kappa shape index (κ2) is 9.26. The Kier molecular flexibility index (Phi) is 8.04. The van der Waals surface area contributed by atoms with Crippen LogP contribution in [-0.2, 0) is 0 Å². The van der Waals surface area contributed by atoms with E-state index in [-0.39, 0.29) is 18.7 Å². The molecule has 1 heterocycles. The van der Waals surface area contributed by atoms with Crippen LogP contribution in [0.3, 0.4) is 0 Å². The lowest BCUT2D eigenvalue weighted by atomic mass is 9.94. The van der Waals surface area contributed by atoms with Gasteiger partial charge in [0.2, 0.25) is 0 Å². The van der Waals surface area contributed by atoms with Gasteiger partial charge < -0.3 is 15.7 Å². The summed E-state index contributed by atoms with van der Waals surface area (Å²) in [4.78, 5) is 14.4. The fourth-order valence-corrected chi connectivity index (χ4v) is 2.88. The summed E-state index contributed by atoms with van der Waals surface area (Å²) in [6, 6.07) is 0.270. The molecule has 0 aromatic heterocycles. The average Bonchev–Trinajstić information content (AvgIpc) is 2.40. The third-order valence-corrected chi connectivity index (χ3v) is 4.47. The maximum Gasteiger partial charge on any atom is 0.315 e. The number of hydrogen-bond acceptors (Lipinski definition) is 3. The molecule has 1 saturated heterocycles. The molecular formula is C16H33N3O2. The minimum atomic E-state index is -0.132. The molecule has 0 aliphatic carbocycles. The van der Waals surface area contributed by atoms with E-state index in [1.807, 2.05) is 6.92 Å². The molecule has 1 unspecified atom stereocenters. The molecule has 21 heavy (non-hydrogen) atoms. The second-order valence-corrected chi connectivity index (χ2v) is 6.80. The Morgan fingerprint density at radius 3 is 2.43 bits per heavy atom. The van der Waals surface area contributed by atoms with Crippen LogP contribution in [0.4, 0.5) is 4.79 Å². The number of carbonyl (C=O) groups is 1. The third-order valence-electron chi connectivity index (χ3n) is 4.47. The normalized spacial score (nSPS) is 20.3. The number of likely N-dealkylation sites (tertiary alicyclic amines) is 1. The molecule has 1 fully saturated rings. The summed E-state index contributed by atoms with van der Waals surface area (Å²) < 4.78 is 0. The Balaban J connectivity index is 2.39. The first kappa shape index (κ1) is 18.2. The van der Waals surface area contributed by atoms with Crippen molar-refractivity contribution in [2.75, 3.05) is 26.2 Å². The molecule has 2 atom stereocenters. The van der Waals surface area contributed by atoms with Crippen LogP contribution in [0.2, 0.25) is 0 Å². The third kappa shape index (κ3) is 6.66. The number of nitrogens with zero attached hydrogens (tertiary/aromatic N) is 1. The van der Waals surface area contributed by atoms with Crippen molar-refractivity contribution in [1.82, 2.24) is 15.5 Å². The molecule has 2 amide bonds. The van der Waals surface area contributed by atoms with Gasteiger partial charge in [0.15, 0.2) is 0 Å². The van der Waals surface area contributed by atoms with Gasteiger partial charge in [-0.2, -0.15) is 0 Å². The lowest BCUT2D eigenvalue weighted by molar-refractivity contribution is 0.108. The van der Waals surface area contributed by atoms with Crippen LogP contribution in [0.25, 0.3) is 0 Å². The summed E-state index contributed by atoms with van der Waals surface area (Å²) >= 11 is 0. The van der Waals surface area contributed by atoms with Crippen molar-refractivity contribution in [2.24, 2.45) is 11.8 Å². The molecular weight excluding hydrogens is 266 g/mol. The highest BCUT2D eigenvalue weighted by Gasteiger charge is 2.25. The summed E-state index contributed by atoms with van der Waals surface area (Å²) in [5, 5.41) is 14.7. The van der Waals surface area contributed by atoms with Crippen LogP contribution >= 0.6 is 0 Å². The standard InChI is InChI=1S/C16H33N3O2/c1-12(2)15(19-8-5-13(3)6-9-19)11-17-16(21)18-14(4)7-10-20/h12-15,20H,5-11H2,1-4H3,(H2,17,18,21)/t14-,15?/m1/s1. The maximum absolute atomic E-state index is 11.9. The minimum absolute atomic E-state index is 0.00309. The number of piperidine rings is 1. The molecule has 1 rings (SSSR count). The molecule has 0 radical (unpaired) electrons. The lowest BCUT2D eigenvalue weighted by Crippen LogP contribution is -2.52. The van der Waals surface area contributed by atoms with Crippen molar-refractivity contribution < 1.29 is 9.90 Å². The van der Waals surface area contributed by atoms with Crippen LogP contribution in [0.1, 0.15) is 47.0 Å². The molecule has 0 aromatic rings. The summed E-state index contributed by atoms with van der Waals surface area (Å²) in [5.74, 6) is 1.35. The average molecular weight is 299 g/mol. The number of amides is 2. The van der Waals surface area contributed by atoms with Gasteiger partial charge >= 0.3 is 6.03 Å². The molecule has 0 aromatic carbocycles. The predicted molar refractivity (Wildman–Crippen MR) is 86.3 cm³/mol. The first-order valence-electron chi connectivity index (χ1n) is 8.33. The van der Waals surface area contributed by atoms with Crippen LogP contribution in [-0.4, -0.2) is 54.4 Å². The van der Waals surface area contributed by atoms with Gasteiger partial charge in [-0.1, -0.05) is 20.8 Å². The molecule has 5 heteroatoms. The fraction of sp³-hybridized carbons (Fsp3) is 0.938. The van der Waals surface area contributed by atoms with Gasteiger partial charge in [0, 0.05) is 25.2 Å². The van der Waals surface area contributed by atoms with Gasteiger partial charge in [-0.25, -0.2) is 4.79 Å². The highest BCUT2D eigenvalue weighted by Crippen LogP contribution is 2.20. The Bertz CT molecular complexity index is 302. The zero-order chi connectivity index (χ0) is 15.8. The van der Waals surface area contributed by atoms with E-state index in [0.717, 1.165) is 19.0 Å². The number of aliphatic hydroxyl groups excluding tert-OH is 1. The van der Waals surface area contributed by atoms with E-state index in [1.54, 1.807) is 0 Å². The van der Waals surface area contributed by atoms with E-state index < -0.39 is 0 Å². The van der Waals surface area contributed by atoms with Crippen molar-refractivity contribution in [3.63, 3.8) is 0 Å². The van der Waals surface area contributed by atoms with Crippen molar-refractivity contribution in [2.45, 2.75) is 59.0 Å². The van der Waals surface area contributed by atoms with E-state index in [1.165, 1.54) is 12.8 Å². The minimum Gasteiger partial charge on any atom is -0.396 e. The number of carbonyl (C=O) groups excluding carboxylic acids is 1. The molecule has 3 N–H and O–H groups in total. The van der Waals surface area contributed by atoms with E-state index in [4.69, 9.17) is 5.11 Å². The number of nitrogens with one attached hydrogen (secondary N) is 2. The van der Waals surface area contributed by atoms with Crippen LogP contribution < -0.4 is 10.6 Å². The van der Waals surface area contributed by atoms with E-state index in [0.29, 0.717) is 24.9 Å². The van der Waals surface area contributed by atoms with Gasteiger partial charge in [-0.15, -0.1) is 0 Å². The first-order chi connectivity index (χ1) is 9.93. The van der Waals surface area contributed by atoms with Gasteiger partial charge in [-0.05, 0) is 51.1 Å². The van der Waals surface area contributed by atoms with Gasteiger partial charge in [0.05, 0.1) is 0 Å². The molecule has 5 nitrogen and oxygen atoms in total.